The van der Waals surface area contributed by atoms with Crippen LogP contribution in [-0.2, 0) is 9.84 Å². The van der Waals surface area contributed by atoms with Crippen molar-refractivity contribution in [2.24, 2.45) is 0 Å². The normalized spacial score (nSPS) is 11.5. The molecule has 2 nitrogen and oxygen atoms in total. The lowest BCUT2D eigenvalue weighted by Gasteiger charge is -2.01. The van der Waals surface area contributed by atoms with Gasteiger partial charge in [-0.05, 0) is 22.8 Å². The van der Waals surface area contributed by atoms with Gasteiger partial charge in [-0.1, -0.05) is 29.2 Å². The Morgan fingerprint density at radius 3 is 2.38 bits per heavy atom. The minimum absolute atomic E-state index is 0.0885. The van der Waals surface area contributed by atoms with Crippen molar-refractivity contribution in [3.63, 3.8) is 0 Å². The molecule has 0 heterocycles. The first-order valence-electron chi connectivity index (χ1n) is 3.68. The largest absolute Gasteiger partial charge is 0.224 e. The van der Waals surface area contributed by atoms with Gasteiger partial charge in [0.2, 0.25) is 0 Å². The molecule has 0 atom stereocenters. The van der Waals surface area contributed by atoms with E-state index in [9.17, 15) is 8.42 Å². The van der Waals surface area contributed by atoms with E-state index in [-0.39, 0.29) is 5.75 Å². The van der Waals surface area contributed by atoms with Gasteiger partial charge in [-0.3, -0.25) is 0 Å². The lowest BCUT2D eigenvalue weighted by atomic mass is 10.4. The molecule has 0 saturated heterocycles. The molecule has 13 heavy (non-hydrogen) atoms. The lowest BCUT2D eigenvalue weighted by Crippen LogP contribution is -2.07. The molecule has 0 spiro atoms. The van der Waals surface area contributed by atoms with Crippen molar-refractivity contribution in [1.82, 2.24) is 0 Å². The quantitative estimate of drug-likeness (QED) is 0.805. The molecule has 0 N–H and O–H groups in total. The van der Waals surface area contributed by atoms with Crippen LogP contribution in [0.1, 0.15) is 0 Å². The SMILES string of the molecule is O=S(=O)(CCSCl)c1ccccc1. The van der Waals surface area contributed by atoms with Gasteiger partial charge >= 0.3 is 0 Å². The molecule has 0 radical (unpaired) electrons. The van der Waals surface area contributed by atoms with Gasteiger partial charge < -0.3 is 0 Å². The Morgan fingerprint density at radius 1 is 1.23 bits per heavy atom. The number of sulfone groups is 1. The van der Waals surface area contributed by atoms with Crippen molar-refractivity contribution in [1.29, 1.82) is 0 Å². The fraction of sp³-hybridized carbons (Fsp3) is 0.250. The summed E-state index contributed by atoms with van der Waals surface area (Å²) in [7, 11) is 3.24. The Bertz CT molecular complexity index is 348. The van der Waals surface area contributed by atoms with Crippen LogP contribution in [0, 0.1) is 0 Å². The molecule has 0 aliphatic heterocycles. The van der Waals surface area contributed by atoms with Gasteiger partial charge in [0.1, 0.15) is 0 Å². The van der Waals surface area contributed by atoms with Crippen molar-refractivity contribution in [3.8, 4) is 0 Å². The minimum Gasteiger partial charge on any atom is -0.224 e. The highest BCUT2D eigenvalue weighted by molar-refractivity contribution is 8.21. The summed E-state index contributed by atoms with van der Waals surface area (Å²) in [6, 6.07) is 8.39. The molecular formula is C8H9ClO2S2. The van der Waals surface area contributed by atoms with E-state index < -0.39 is 9.84 Å². The van der Waals surface area contributed by atoms with Crippen LogP contribution in [-0.4, -0.2) is 19.9 Å². The first-order valence-corrected chi connectivity index (χ1v) is 7.14. The Hall–Kier alpha value is -0.190. The summed E-state index contributed by atoms with van der Waals surface area (Å²) in [6.07, 6.45) is 0. The third kappa shape index (κ3) is 3.21. The molecule has 0 saturated carbocycles. The molecular weight excluding hydrogens is 228 g/mol. The molecule has 1 aromatic rings. The molecule has 0 unspecified atom stereocenters. The second-order valence-corrected chi connectivity index (χ2v) is 5.84. The molecule has 72 valence electrons. The fourth-order valence-electron chi connectivity index (χ4n) is 0.887. The lowest BCUT2D eigenvalue weighted by molar-refractivity contribution is 0.597. The maximum absolute atomic E-state index is 11.5. The molecule has 0 amide bonds. The molecule has 0 bridgehead atoms. The molecule has 0 aliphatic rings. The van der Waals surface area contributed by atoms with E-state index >= 15 is 0 Å². The second-order valence-electron chi connectivity index (χ2n) is 2.45. The summed E-state index contributed by atoms with van der Waals surface area (Å²) in [4.78, 5) is 0.362. The second kappa shape index (κ2) is 4.88. The minimum atomic E-state index is -3.13. The van der Waals surface area contributed by atoms with E-state index in [0.717, 1.165) is 11.0 Å². The van der Waals surface area contributed by atoms with Crippen molar-refractivity contribution in [2.45, 2.75) is 4.90 Å². The van der Waals surface area contributed by atoms with Gasteiger partial charge in [0, 0.05) is 5.75 Å². The topological polar surface area (TPSA) is 34.1 Å². The third-order valence-electron chi connectivity index (χ3n) is 1.53. The van der Waals surface area contributed by atoms with Crippen LogP contribution in [0.15, 0.2) is 35.2 Å². The van der Waals surface area contributed by atoms with Gasteiger partial charge in [-0.2, -0.15) is 0 Å². The van der Waals surface area contributed by atoms with Crippen LogP contribution in [0.4, 0.5) is 0 Å². The van der Waals surface area contributed by atoms with Crippen LogP contribution >= 0.6 is 21.7 Å². The van der Waals surface area contributed by atoms with Gasteiger partial charge in [-0.15, -0.1) is 0 Å². The van der Waals surface area contributed by atoms with Crippen LogP contribution in [0.3, 0.4) is 0 Å². The summed E-state index contributed by atoms with van der Waals surface area (Å²) in [5.74, 6) is 0.504. The monoisotopic (exact) mass is 236 g/mol. The first-order chi connectivity index (χ1) is 6.17. The predicted molar refractivity (Wildman–Crippen MR) is 56.8 cm³/mol. The van der Waals surface area contributed by atoms with Crippen LogP contribution in [0.2, 0.25) is 0 Å². The molecule has 0 aliphatic carbocycles. The van der Waals surface area contributed by atoms with Crippen LogP contribution in [0.25, 0.3) is 0 Å². The van der Waals surface area contributed by atoms with E-state index in [4.69, 9.17) is 10.7 Å². The third-order valence-corrected chi connectivity index (χ3v) is 4.34. The number of hydrogen-bond acceptors (Lipinski definition) is 3. The van der Waals surface area contributed by atoms with E-state index in [2.05, 4.69) is 0 Å². The Labute approximate surface area is 86.7 Å². The zero-order valence-electron chi connectivity index (χ0n) is 6.81. The highest BCUT2D eigenvalue weighted by atomic mass is 35.7. The molecule has 0 fully saturated rings. The summed E-state index contributed by atoms with van der Waals surface area (Å²) < 4.78 is 23.0. The zero-order chi connectivity index (χ0) is 9.73. The highest BCUT2D eigenvalue weighted by Gasteiger charge is 2.12. The maximum Gasteiger partial charge on any atom is 0.179 e. The smallest absolute Gasteiger partial charge is 0.179 e. The molecule has 5 heteroatoms. The fourth-order valence-corrected chi connectivity index (χ4v) is 3.39. The van der Waals surface area contributed by atoms with Crippen LogP contribution < -0.4 is 0 Å². The van der Waals surface area contributed by atoms with E-state index in [0.29, 0.717) is 10.6 Å². The van der Waals surface area contributed by atoms with Crippen molar-refractivity contribution in [3.05, 3.63) is 30.3 Å². The van der Waals surface area contributed by atoms with E-state index in [1.165, 1.54) is 0 Å². The first kappa shape index (κ1) is 10.9. The van der Waals surface area contributed by atoms with Crippen molar-refractivity contribution in [2.75, 3.05) is 11.5 Å². The summed E-state index contributed by atoms with van der Waals surface area (Å²) in [6.45, 7) is 0. The summed E-state index contributed by atoms with van der Waals surface area (Å²) >= 11 is 0. The highest BCUT2D eigenvalue weighted by Crippen LogP contribution is 2.13. The standard InChI is InChI=1S/C8H9ClO2S2/c9-12-6-7-13(10,11)8-4-2-1-3-5-8/h1-5H,6-7H2. The predicted octanol–water partition coefficient (Wildman–Crippen LogP) is 2.35. The Balaban J connectivity index is 2.83. The average Bonchev–Trinajstić information content (AvgIpc) is 2.16. The molecule has 0 aromatic heterocycles. The van der Waals surface area contributed by atoms with Gasteiger partial charge in [0.15, 0.2) is 9.84 Å². The van der Waals surface area contributed by atoms with E-state index in [1.54, 1.807) is 30.3 Å². The average molecular weight is 237 g/mol. The Morgan fingerprint density at radius 2 is 1.85 bits per heavy atom. The zero-order valence-corrected chi connectivity index (χ0v) is 9.20. The van der Waals surface area contributed by atoms with Crippen LogP contribution in [0.5, 0.6) is 0 Å². The van der Waals surface area contributed by atoms with Gasteiger partial charge in [0.25, 0.3) is 0 Å². The van der Waals surface area contributed by atoms with E-state index in [1.807, 2.05) is 0 Å². The molecule has 1 aromatic carbocycles. The van der Waals surface area contributed by atoms with Crippen molar-refractivity contribution < 1.29 is 8.42 Å². The number of hydrogen-bond donors (Lipinski definition) is 0. The summed E-state index contributed by atoms with van der Waals surface area (Å²) in [5.41, 5.74) is 0. The number of halogens is 1. The summed E-state index contributed by atoms with van der Waals surface area (Å²) in [5, 5.41) is 0. The Kier molecular flexibility index (Phi) is 4.09. The maximum atomic E-state index is 11.5. The number of rotatable bonds is 4. The van der Waals surface area contributed by atoms with Crippen molar-refractivity contribution >= 4 is 31.5 Å². The number of benzene rings is 1. The molecule has 1 rings (SSSR count). The van der Waals surface area contributed by atoms with Gasteiger partial charge in [-0.25, -0.2) is 8.42 Å². The van der Waals surface area contributed by atoms with Gasteiger partial charge in [0.05, 0.1) is 10.6 Å².